The van der Waals surface area contributed by atoms with Crippen LogP contribution in [0.4, 0.5) is 14.9 Å². The number of amides is 3. The lowest BCUT2D eigenvalue weighted by Crippen LogP contribution is -2.40. The average molecular weight is 374 g/mol. The fourth-order valence-electron chi connectivity index (χ4n) is 3.10. The van der Waals surface area contributed by atoms with E-state index < -0.39 is 5.82 Å². The van der Waals surface area contributed by atoms with Crippen LogP contribution < -0.4 is 5.32 Å². The highest BCUT2D eigenvalue weighted by Gasteiger charge is 2.29. The lowest BCUT2D eigenvalue weighted by Gasteiger charge is -2.30. The van der Waals surface area contributed by atoms with E-state index in [1.54, 1.807) is 38.1 Å². The largest absolute Gasteiger partial charge is 0.445 e. The molecule has 0 saturated carbocycles. The highest BCUT2D eigenvalue weighted by atomic mass is 19.1. The third-order valence-electron chi connectivity index (χ3n) is 4.63. The number of carbonyl (C=O) groups is 2. The number of aryl methyl sites for hydroxylation is 1. The minimum Gasteiger partial charge on any atom is -0.445 e. The fraction of sp³-hybridized carbons (Fsp3) is 0.421. The SMILES string of the molecule is Cc1oc(C2CCN(C(=O)Nc3cccc(F)c3)CC2)nc1C(=O)N(C)C. The van der Waals surface area contributed by atoms with Crippen LogP contribution in [0.25, 0.3) is 0 Å². The van der Waals surface area contributed by atoms with Crippen molar-refractivity contribution in [3.63, 3.8) is 0 Å². The summed E-state index contributed by atoms with van der Waals surface area (Å²) in [5.74, 6) is 0.534. The average Bonchev–Trinajstić information content (AvgIpc) is 3.02. The second-order valence-corrected chi connectivity index (χ2v) is 6.86. The van der Waals surface area contributed by atoms with Gasteiger partial charge in [-0.25, -0.2) is 14.2 Å². The van der Waals surface area contributed by atoms with Crippen molar-refractivity contribution in [2.45, 2.75) is 25.7 Å². The van der Waals surface area contributed by atoms with Gasteiger partial charge in [0.2, 0.25) is 0 Å². The summed E-state index contributed by atoms with van der Waals surface area (Å²) in [7, 11) is 3.34. The number of anilines is 1. The molecule has 1 aromatic carbocycles. The molecule has 2 heterocycles. The van der Waals surface area contributed by atoms with E-state index in [9.17, 15) is 14.0 Å². The third kappa shape index (κ3) is 4.27. The maximum Gasteiger partial charge on any atom is 0.321 e. The quantitative estimate of drug-likeness (QED) is 0.895. The number of rotatable bonds is 3. The Balaban J connectivity index is 1.59. The highest BCUT2D eigenvalue weighted by Crippen LogP contribution is 2.29. The van der Waals surface area contributed by atoms with Crippen LogP contribution >= 0.6 is 0 Å². The Labute approximate surface area is 157 Å². The second-order valence-electron chi connectivity index (χ2n) is 6.86. The Morgan fingerprint density at radius 3 is 2.63 bits per heavy atom. The van der Waals surface area contributed by atoms with Crippen LogP contribution in [0.2, 0.25) is 0 Å². The first-order valence-corrected chi connectivity index (χ1v) is 8.85. The van der Waals surface area contributed by atoms with Crippen molar-refractivity contribution in [2.24, 2.45) is 0 Å². The summed E-state index contributed by atoms with van der Waals surface area (Å²) in [5.41, 5.74) is 0.763. The molecule has 0 atom stereocenters. The van der Waals surface area contributed by atoms with Crippen LogP contribution in [0.1, 0.15) is 40.9 Å². The zero-order valence-electron chi connectivity index (χ0n) is 15.7. The molecule has 0 unspecified atom stereocenters. The molecule has 1 aromatic heterocycles. The Morgan fingerprint density at radius 2 is 2.00 bits per heavy atom. The monoisotopic (exact) mass is 374 g/mol. The van der Waals surface area contributed by atoms with Crippen LogP contribution in [0.5, 0.6) is 0 Å². The molecular weight excluding hydrogens is 351 g/mol. The first kappa shape index (κ1) is 18.9. The minimum absolute atomic E-state index is 0.0608. The number of hydrogen-bond donors (Lipinski definition) is 1. The van der Waals surface area contributed by atoms with Gasteiger partial charge in [-0.1, -0.05) is 6.07 Å². The molecule has 3 amide bonds. The van der Waals surface area contributed by atoms with Crippen LogP contribution in [-0.4, -0.2) is 53.9 Å². The van der Waals surface area contributed by atoms with Crippen molar-refractivity contribution in [1.82, 2.24) is 14.8 Å². The highest BCUT2D eigenvalue weighted by molar-refractivity contribution is 5.92. The Morgan fingerprint density at radius 1 is 1.30 bits per heavy atom. The van der Waals surface area contributed by atoms with E-state index in [1.807, 2.05) is 0 Å². The number of carbonyl (C=O) groups excluding carboxylic acids is 2. The van der Waals surface area contributed by atoms with Gasteiger partial charge < -0.3 is 19.5 Å². The predicted molar refractivity (Wildman–Crippen MR) is 98.2 cm³/mol. The Hall–Kier alpha value is -2.90. The van der Waals surface area contributed by atoms with Gasteiger partial charge in [0.15, 0.2) is 11.6 Å². The maximum absolute atomic E-state index is 13.2. The number of aromatic nitrogens is 1. The third-order valence-corrected chi connectivity index (χ3v) is 4.63. The van der Waals surface area contributed by atoms with E-state index in [0.29, 0.717) is 49.0 Å². The van der Waals surface area contributed by atoms with Gasteiger partial charge in [0.1, 0.15) is 11.6 Å². The van der Waals surface area contributed by atoms with Crippen LogP contribution in [0, 0.1) is 12.7 Å². The normalized spacial score (nSPS) is 14.9. The lowest BCUT2D eigenvalue weighted by atomic mass is 9.97. The summed E-state index contributed by atoms with van der Waals surface area (Å²) >= 11 is 0. The molecule has 8 heteroatoms. The molecule has 0 spiro atoms. The predicted octanol–water partition coefficient (Wildman–Crippen LogP) is 3.24. The van der Waals surface area contributed by atoms with Crippen LogP contribution in [0.15, 0.2) is 28.7 Å². The first-order chi connectivity index (χ1) is 12.8. The zero-order chi connectivity index (χ0) is 19.6. The molecule has 144 valence electrons. The summed E-state index contributed by atoms with van der Waals surface area (Å²) in [5, 5.41) is 2.71. The number of hydrogen-bond acceptors (Lipinski definition) is 4. The van der Waals surface area contributed by atoms with Gasteiger partial charge in [-0.3, -0.25) is 4.79 Å². The van der Waals surface area contributed by atoms with Gasteiger partial charge >= 0.3 is 6.03 Å². The molecular formula is C19H23FN4O3. The zero-order valence-corrected chi connectivity index (χ0v) is 15.7. The van der Waals surface area contributed by atoms with Gasteiger partial charge in [0.25, 0.3) is 5.91 Å². The van der Waals surface area contributed by atoms with Crippen molar-refractivity contribution in [1.29, 1.82) is 0 Å². The molecule has 1 aliphatic rings. The van der Waals surface area contributed by atoms with Gasteiger partial charge in [0.05, 0.1) is 0 Å². The van der Waals surface area contributed by atoms with Gasteiger partial charge in [-0.05, 0) is 38.0 Å². The smallest absolute Gasteiger partial charge is 0.321 e. The number of likely N-dealkylation sites (tertiary alicyclic amines) is 1. The lowest BCUT2D eigenvalue weighted by molar-refractivity contribution is 0.0821. The molecule has 1 aliphatic heterocycles. The van der Waals surface area contributed by atoms with E-state index in [1.165, 1.54) is 17.0 Å². The van der Waals surface area contributed by atoms with Crippen molar-refractivity contribution in [3.8, 4) is 0 Å². The number of nitrogens with one attached hydrogen (secondary N) is 1. The number of piperidine rings is 1. The van der Waals surface area contributed by atoms with Crippen LogP contribution in [0.3, 0.4) is 0 Å². The minimum atomic E-state index is -0.395. The number of oxazole rings is 1. The molecule has 1 saturated heterocycles. The molecule has 2 aromatic rings. The number of nitrogens with zero attached hydrogens (tertiary/aromatic N) is 3. The molecule has 1 fully saturated rings. The summed E-state index contributed by atoms with van der Waals surface area (Å²) in [6, 6.07) is 5.55. The van der Waals surface area contributed by atoms with Crippen molar-refractivity contribution < 1.29 is 18.4 Å². The molecule has 0 radical (unpaired) electrons. The standard InChI is InChI=1S/C19H23FN4O3/c1-12-16(18(25)23(2)3)22-17(27-12)13-7-9-24(10-8-13)19(26)21-15-6-4-5-14(20)11-15/h4-6,11,13H,7-10H2,1-3H3,(H,21,26). The summed E-state index contributed by atoms with van der Waals surface area (Å²) in [4.78, 5) is 32.0. The van der Waals surface area contributed by atoms with Gasteiger partial charge in [-0.2, -0.15) is 0 Å². The van der Waals surface area contributed by atoms with E-state index in [0.717, 1.165) is 0 Å². The van der Waals surface area contributed by atoms with E-state index in [2.05, 4.69) is 10.3 Å². The first-order valence-electron chi connectivity index (χ1n) is 8.85. The Bertz CT molecular complexity index is 841. The number of halogens is 1. The summed E-state index contributed by atoms with van der Waals surface area (Å²) in [6.45, 7) is 2.79. The molecule has 0 bridgehead atoms. The van der Waals surface area contributed by atoms with Gasteiger partial charge in [-0.15, -0.1) is 0 Å². The molecule has 0 aliphatic carbocycles. The number of benzene rings is 1. The molecule has 3 rings (SSSR count). The van der Waals surface area contributed by atoms with E-state index in [4.69, 9.17) is 4.42 Å². The van der Waals surface area contributed by atoms with E-state index in [-0.39, 0.29) is 17.9 Å². The fourth-order valence-corrected chi connectivity index (χ4v) is 3.10. The van der Waals surface area contributed by atoms with Crippen molar-refractivity contribution in [3.05, 3.63) is 47.4 Å². The summed E-state index contributed by atoms with van der Waals surface area (Å²) < 4.78 is 18.9. The molecule has 7 nitrogen and oxygen atoms in total. The second kappa shape index (κ2) is 7.77. The van der Waals surface area contributed by atoms with Crippen molar-refractivity contribution in [2.75, 3.05) is 32.5 Å². The maximum atomic E-state index is 13.2. The Kier molecular flexibility index (Phi) is 5.43. The summed E-state index contributed by atoms with van der Waals surface area (Å²) in [6.07, 6.45) is 1.37. The van der Waals surface area contributed by atoms with Crippen LogP contribution in [-0.2, 0) is 0 Å². The topological polar surface area (TPSA) is 78.7 Å². The molecule has 1 N–H and O–H groups in total. The van der Waals surface area contributed by atoms with E-state index >= 15 is 0 Å². The number of urea groups is 1. The van der Waals surface area contributed by atoms with Gasteiger partial charge in [0, 0.05) is 38.8 Å². The molecule has 27 heavy (non-hydrogen) atoms. The van der Waals surface area contributed by atoms with Crippen molar-refractivity contribution >= 4 is 17.6 Å².